The molecule has 0 fully saturated rings. The molecule has 0 N–H and O–H groups in total. The zero-order valence-corrected chi connectivity index (χ0v) is 10.1. The Kier molecular flexibility index (Phi) is 3.88. The van der Waals surface area contributed by atoms with E-state index in [2.05, 4.69) is 0 Å². The van der Waals surface area contributed by atoms with Crippen LogP contribution in [0.4, 0.5) is 0 Å². The van der Waals surface area contributed by atoms with Gasteiger partial charge in [-0.25, -0.2) is 0 Å². The first-order chi connectivity index (χ1) is 6.60. The number of halogens is 2. The van der Waals surface area contributed by atoms with Gasteiger partial charge in [-0.1, -0.05) is 0 Å². The van der Waals surface area contributed by atoms with E-state index in [1.54, 1.807) is 6.07 Å². The molecule has 14 heavy (non-hydrogen) atoms. The van der Waals surface area contributed by atoms with Crippen LogP contribution in [0.3, 0.4) is 0 Å². The van der Waals surface area contributed by atoms with Crippen LogP contribution in [0, 0.1) is 3.57 Å². The predicted octanol–water partition coefficient (Wildman–Crippen LogP) is 2.49. The van der Waals surface area contributed by atoms with Gasteiger partial charge in [0.15, 0.2) is 6.29 Å². The van der Waals surface area contributed by atoms with E-state index < -0.39 is 5.24 Å². The van der Waals surface area contributed by atoms with Gasteiger partial charge in [-0.2, -0.15) is 0 Å². The Balaban J connectivity index is 3.37. The number of hydrogen-bond donors (Lipinski definition) is 0. The van der Waals surface area contributed by atoms with Crippen LogP contribution >= 0.6 is 34.2 Å². The van der Waals surface area contributed by atoms with Crippen LogP contribution in [0.15, 0.2) is 12.1 Å². The Morgan fingerprint density at radius 3 is 2.64 bits per heavy atom. The van der Waals surface area contributed by atoms with Gasteiger partial charge in [-0.3, -0.25) is 9.59 Å². The van der Waals surface area contributed by atoms with Gasteiger partial charge in [0.2, 0.25) is 0 Å². The van der Waals surface area contributed by atoms with Crippen molar-refractivity contribution in [2.24, 2.45) is 0 Å². The molecule has 0 aromatic heterocycles. The maximum atomic E-state index is 10.9. The molecule has 1 aromatic carbocycles. The fourth-order valence-electron chi connectivity index (χ4n) is 0.991. The van der Waals surface area contributed by atoms with Crippen LogP contribution in [0.5, 0.6) is 5.75 Å². The second-order valence-corrected chi connectivity index (χ2v) is 3.97. The molecule has 0 aliphatic heterocycles. The van der Waals surface area contributed by atoms with Gasteiger partial charge < -0.3 is 4.74 Å². The number of methoxy groups -OCH3 is 1. The minimum Gasteiger partial charge on any atom is -0.496 e. The Labute approximate surface area is 99.5 Å². The molecule has 0 saturated heterocycles. The molecule has 5 heteroatoms. The normalized spacial score (nSPS) is 9.64. The predicted molar refractivity (Wildman–Crippen MR) is 61.3 cm³/mol. The molecule has 0 saturated carbocycles. The maximum absolute atomic E-state index is 10.9. The second kappa shape index (κ2) is 4.75. The van der Waals surface area contributed by atoms with E-state index in [0.717, 1.165) is 0 Å². The topological polar surface area (TPSA) is 43.4 Å². The number of carbonyl (C=O) groups excluding carboxylic acids is 2. The SMILES string of the molecule is COc1cc(I)c(C(=O)Cl)cc1C=O. The number of aldehydes is 1. The molecule has 1 rings (SSSR count). The maximum Gasteiger partial charge on any atom is 0.253 e. The third-order valence-corrected chi connectivity index (χ3v) is 2.75. The summed E-state index contributed by atoms with van der Waals surface area (Å²) in [4.78, 5) is 21.6. The highest BCUT2D eigenvalue weighted by Crippen LogP contribution is 2.24. The lowest BCUT2D eigenvalue weighted by Crippen LogP contribution is -1.98. The molecule has 0 aliphatic rings. The highest BCUT2D eigenvalue weighted by molar-refractivity contribution is 14.1. The summed E-state index contributed by atoms with van der Waals surface area (Å²) >= 11 is 7.29. The smallest absolute Gasteiger partial charge is 0.253 e. The van der Waals surface area contributed by atoms with Gasteiger partial charge in [-0.15, -0.1) is 0 Å². The van der Waals surface area contributed by atoms with Crippen molar-refractivity contribution >= 4 is 45.7 Å². The number of benzene rings is 1. The summed E-state index contributed by atoms with van der Waals surface area (Å²) in [6.07, 6.45) is 0.623. The van der Waals surface area contributed by atoms with Crippen molar-refractivity contribution in [1.82, 2.24) is 0 Å². The summed E-state index contributed by atoms with van der Waals surface area (Å²) < 4.78 is 5.62. The van der Waals surface area contributed by atoms with Crippen molar-refractivity contribution < 1.29 is 14.3 Å². The van der Waals surface area contributed by atoms with E-state index in [9.17, 15) is 9.59 Å². The molecular weight excluding hydrogens is 318 g/mol. The molecule has 0 spiro atoms. The van der Waals surface area contributed by atoms with Crippen molar-refractivity contribution in [3.8, 4) is 5.75 Å². The number of hydrogen-bond acceptors (Lipinski definition) is 3. The monoisotopic (exact) mass is 324 g/mol. The molecule has 3 nitrogen and oxygen atoms in total. The third-order valence-electron chi connectivity index (χ3n) is 1.66. The van der Waals surface area contributed by atoms with Gasteiger partial charge in [-0.05, 0) is 46.3 Å². The van der Waals surface area contributed by atoms with Crippen LogP contribution < -0.4 is 4.74 Å². The van der Waals surface area contributed by atoms with Crippen LogP contribution in [-0.2, 0) is 0 Å². The lowest BCUT2D eigenvalue weighted by Gasteiger charge is -2.06. The van der Waals surface area contributed by atoms with Crippen LogP contribution in [0.2, 0.25) is 0 Å². The largest absolute Gasteiger partial charge is 0.496 e. The number of ether oxygens (including phenoxy) is 1. The van der Waals surface area contributed by atoms with Gasteiger partial charge in [0.05, 0.1) is 12.7 Å². The molecule has 0 radical (unpaired) electrons. The Bertz CT molecular complexity index is 390. The van der Waals surface area contributed by atoms with Gasteiger partial charge in [0.1, 0.15) is 5.75 Å². The standard InChI is InChI=1S/C9H6ClIO3/c1-14-8-3-7(11)6(9(10)13)2-5(8)4-12/h2-4H,1H3. The molecule has 0 amide bonds. The Hall–Kier alpha value is -0.620. The quantitative estimate of drug-likeness (QED) is 0.487. The summed E-state index contributed by atoms with van der Waals surface area (Å²) in [7, 11) is 1.46. The van der Waals surface area contributed by atoms with Crippen LogP contribution in [0.1, 0.15) is 20.7 Å². The summed E-state index contributed by atoms with van der Waals surface area (Å²) in [6.45, 7) is 0. The van der Waals surface area contributed by atoms with Crippen molar-refractivity contribution in [1.29, 1.82) is 0 Å². The molecule has 74 valence electrons. The summed E-state index contributed by atoms with van der Waals surface area (Å²) in [5.41, 5.74) is 0.632. The molecule has 1 aromatic rings. The van der Waals surface area contributed by atoms with Gasteiger partial charge in [0, 0.05) is 9.13 Å². The van der Waals surface area contributed by atoms with E-state index in [1.165, 1.54) is 13.2 Å². The van der Waals surface area contributed by atoms with E-state index in [0.29, 0.717) is 26.7 Å². The Morgan fingerprint density at radius 1 is 1.57 bits per heavy atom. The fourth-order valence-corrected chi connectivity index (χ4v) is 1.99. The summed E-state index contributed by atoms with van der Waals surface area (Å²) in [5, 5.41) is -0.583. The average molecular weight is 325 g/mol. The lowest BCUT2D eigenvalue weighted by molar-refractivity contribution is 0.108. The molecule has 0 unspecified atom stereocenters. The zero-order valence-electron chi connectivity index (χ0n) is 7.21. The minimum absolute atomic E-state index is 0.315. The lowest BCUT2D eigenvalue weighted by atomic mass is 10.1. The number of rotatable bonds is 3. The first-order valence-corrected chi connectivity index (χ1v) is 5.08. The van der Waals surface area contributed by atoms with Crippen molar-refractivity contribution in [2.45, 2.75) is 0 Å². The number of carbonyl (C=O) groups is 2. The third kappa shape index (κ3) is 2.24. The fraction of sp³-hybridized carbons (Fsp3) is 0.111. The molecular formula is C9H6ClIO3. The van der Waals surface area contributed by atoms with Crippen molar-refractivity contribution in [3.05, 3.63) is 26.8 Å². The minimum atomic E-state index is -0.583. The summed E-state index contributed by atoms with van der Waals surface area (Å²) in [5.74, 6) is 0.436. The van der Waals surface area contributed by atoms with E-state index in [-0.39, 0.29) is 0 Å². The van der Waals surface area contributed by atoms with Crippen molar-refractivity contribution in [2.75, 3.05) is 7.11 Å². The van der Waals surface area contributed by atoms with E-state index >= 15 is 0 Å². The van der Waals surface area contributed by atoms with Crippen molar-refractivity contribution in [3.63, 3.8) is 0 Å². The van der Waals surface area contributed by atoms with Gasteiger partial charge >= 0.3 is 0 Å². The first kappa shape index (κ1) is 11.5. The van der Waals surface area contributed by atoms with E-state index in [1.807, 2.05) is 22.6 Å². The zero-order chi connectivity index (χ0) is 10.7. The average Bonchev–Trinajstić information content (AvgIpc) is 2.16. The Morgan fingerprint density at radius 2 is 2.21 bits per heavy atom. The van der Waals surface area contributed by atoms with Gasteiger partial charge in [0.25, 0.3) is 5.24 Å². The molecule has 0 bridgehead atoms. The molecule has 0 heterocycles. The molecule has 0 aliphatic carbocycles. The summed E-state index contributed by atoms with van der Waals surface area (Å²) in [6, 6.07) is 3.02. The van der Waals surface area contributed by atoms with E-state index in [4.69, 9.17) is 16.3 Å². The second-order valence-electron chi connectivity index (χ2n) is 2.47. The highest BCUT2D eigenvalue weighted by Gasteiger charge is 2.12. The van der Waals surface area contributed by atoms with Crippen LogP contribution in [0.25, 0.3) is 0 Å². The highest BCUT2D eigenvalue weighted by atomic mass is 127. The first-order valence-electron chi connectivity index (χ1n) is 3.62. The molecule has 0 atom stereocenters. The van der Waals surface area contributed by atoms with Crippen LogP contribution in [-0.4, -0.2) is 18.6 Å².